The van der Waals surface area contributed by atoms with Crippen molar-refractivity contribution < 1.29 is 9.47 Å². The van der Waals surface area contributed by atoms with Gasteiger partial charge in [0, 0.05) is 28.8 Å². The molecule has 0 aliphatic carbocycles. The summed E-state index contributed by atoms with van der Waals surface area (Å²) in [6.07, 6.45) is 0. The molecule has 0 unspecified atom stereocenters. The van der Waals surface area contributed by atoms with Crippen molar-refractivity contribution in [3.63, 3.8) is 0 Å². The summed E-state index contributed by atoms with van der Waals surface area (Å²) in [6.45, 7) is 2.07. The third-order valence-corrected chi connectivity index (χ3v) is 5.22. The molecule has 2 N–H and O–H groups in total. The smallest absolute Gasteiger partial charge is 0.180 e. The predicted molar refractivity (Wildman–Crippen MR) is 123 cm³/mol. The summed E-state index contributed by atoms with van der Waals surface area (Å²) in [5.74, 6) is 2.63. The molecule has 7 heteroatoms. The van der Waals surface area contributed by atoms with Gasteiger partial charge in [-0.25, -0.2) is 9.97 Å². The van der Waals surface area contributed by atoms with Gasteiger partial charge in [-0.15, -0.1) is 0 Å². The Morgan fingerprint density at radius 3 is 2.07 bits per heavy atom. The summed E-state index contributed by atoms with van der Waals surface area (Å²) in [4.78, 5) is 10.7. The molecule has 0 atom stereocenters. The second kappa shape index (κ2) is 8.92. The van der Waals surface area contributed by atoms with Crippen molar-refractivity contribution in [2.75, 3.05) is 24.3 Å². The Kier molecular flexibility index (Phi) is 5.90. The molecule has 0 spiro atoms. The maximum absolute atomic E-state index is 5.38. The molecule has 0 amide bonds. The molecule has 0 aliphatic heterocycles. The van der Waals surface area contributed by atoms with Crippen LogP contribution in [0.1, 0.15) is 5.56 Å². The summed E-state index contributed by atoms with van der Waals surface area (Å²) >= 11 is 1.49. The molecule has 4 aromatic rings. The van der Waals surface area contributed by atoms with Gasteiger partial charge in [-0.3, -0.25) is 0 Å². The van der Waals surface area contributed by atoms with E-state index in [2.05, 4.69) is 35.2 Å². The average molecular weight is 419 g/mol. The number of rotatable bonds is 7. The fourth-order valence-corrected chi connectivity index (χ4v) is 3.71. The van der Waals surface area contributed by atoms with Crippen molar-refractivity contribution in [1.29, 1.82) is 0 Å². The molecule has 1 aromatic heterocycles. The Balaban J connectivity index is 1.69. The quantitative estimate of drug-likeness (QED) is 0.367. The number of methoxy groups -OCH3 is 2. The van der Waals surface area contributed by atoms with E-state index in [1.54, 1.807) is 14.2 Å². The van der Waals surface area contributed by atoms with Crippen molar-refractivity contribution in [1.82, 2.24) is 9.97 Å². The first-order valence-corrected chi connectivity index (χ1v) is 10.2. The predicted octanol–water partition coefficient (Wildman–Crippen LogP) is 5.82. The zero-order chi connectivity index (χ0) is 20.9. The number of aromatic nitrogens is 2. The molecule has 6 nitrogen and oxygen atoms in total. The van der Waals surface area contributed by atoms with E-state index in [1.807, 2.05) is 48.5 Å². The van der Waals surface area contributed by atoms with E-state index in [0.717, 1.165) is 21.6 Å². The lowest BCUT2D eigenvalue weighted by molar-refractivity contribution is 0.395. The molecule has 4 rings (SSSR count). The van der Waals surface area contributed by atoms with Crippen LogP contribution in [0.2, 0.25) is 0 Å². The zero-order valence-electron chi connectivity index (χ0n) is 17.0. The van der Waals surface area contributed by atoms with Gasteiger partial charge in [0.2, 0.25) is 0 Å². The molecule has 0 bridgehead atoms. The third-order valence-electron chi connectivity index (χ3n) is 4.44. The molecule has 0 fully saturated rings. The maximum Gasteiger partial charge on any atom is 0.180 e. The summed E-state index contributed by atoms with van der Waals surface area (Å²) in [5, 5.41) is 3.35. The van der Waals surface area contributed by atoms with Gasteiger partial charge in [0.1, 0.15) is 11.5 Å². The SMILES string of the molecule is COc1cc(Nc2nc3ccccc3nc2NSc2cccc(C)c2)cc(OC)c1. The summed E-state index contributed by atoms with van der Waals surface area (Å²) < 4.78 is 14.1. The van der Waals surface area contributed by atoms with Crippen LogP contribution in [0.3, 0.4) is 0 Å². The number of hydrogen-bond acceptors (Lipinski definition) is 7. The Bertz CT molecular complexity index is 1160. The Morgan fingerprint density at radius 2 is 1.43 bits per heavy atom. The number of anilines is 3. The van der Waals surface area contributed by atoms with Crippen LogP contribution < -0.4 is 19.5 Å². The van der Waals surface area contributed by atoms with E-state index in [1.165, 1.54) is 17.5 Å². The van der Waals surface area contributed by atoms with Gasteiger partial charge in [-0.1, -0.05) is 24.3 Å². The standard InChI is InChI=1S/C23H22N4O2S/c1-15-7-6-8-19(11-15)30-27-23-22(25-20-9-4-5-10-21(20)26-23)24-16-12-17(28-2)14-18(13-16)29-3/h4-14H,1-3H3,(H,24,25)(H,26,27). The number of benzene rings is 3. The van der Waals surface area contributed by atoms with Crippen LogP contribution in [0.25, 0.3) is 11.0 Å². The summed E-state index contributed by atoms with van der Waals surface area (Å²) in [5.41, 5.74) is 3.62. The van der Waals surface area contributed by atoms with Crippen LogP contribution in [-0.4, -0.2) is 24.2 Å². The van der Waals surface area contributed by atoms with Crippen LogP contribution >= 0.6 is 11.9 Å². The molecule has 3 aromatic carbocycles. The minimum Gasteiger partial charge on any atom is -0.497 e. The maximum atomic E-state index is 5.38. The number of para-hydroxylation sites is 2. The molecule has 30 heavy (non-hydrogen) atoms. The highest BCUT2D eigenvalue weighted by atomic mass is 32.2. The number of aryl methyl sites for hydroxylation is 1. The van der Waals surface area contributed by atoms with Crippen molar-refractivity contribution in [2.24, 2.45) is 0 Å². The molecule has 0 saturated carbocycles. The molecule has 0 radical (unpaired) electrons. The lowest BCUT2D eigenvalue weighted by Crippen LogP contribution is -2.02. The fourth-order valence-electron chi connectivity index (χ4n) is 2.96. The van der Waals surface area contributed by atoms with E-state index in [9.17, 15) is 0 Å². The van der Waals surface area contributed by atoms with Gasteiger partial charge in [0.05, 0.1) is 25.3 Å². The molecular weight excluding hydrogens is 396 g/mol. The first kappa shape index (κ1) is 19.8. The molecular formula is C23H22N4O2S. The second-order valence-electron chi connectivity index (χ2n) is 6.66. The number of hydrogen-bond donors (Lipinski definition) is 2. The largest absolute Gasteiger partial charge is 0.497 e. The molecule has 152 valence electrons. The highest BCUT2D eigenvalue weighted by molar-refractivity contribution is 8.00. The topological polar surface area (TPSA) is 68.3 Å². The minimum atomic E-state index is 0.615. The number of nitrogens with zero attached hydrogens (tertiary/aromatic N) is 2. The van der Waals surface area contributed by atoms with E-state index in [4.69, 9.17) is 19.4 Å². The monoisotopic (exact) mass is 418 g/mol. The number of nitrogens with one attached hydrogen (secondary N) is 2. The normalized spacial score (nSPS) is 10.6. The molecule has 1 heterocycles. The van der Waals surface area contributed by atoms with E-state index < -0.39 is 0 Å². The van der Waals surface area contributed by atoms with E-state index in [-0.39, 0.29) is 0 Å². The van der Waals surface area contributed by atoms with Gasteiger partial charge in [0.15, 0.2) is 11.6 Å². The van der Waals surface area contributed by atoms with Gasteiger partial charge < -0.3 is 19.5 Å². The van der Waals surface area contributed by atoms with Crippen molar-refractivity contribution in [2.45, 2.75) is 11.8 Å². The van der Waals surface area contributed by atoms with Crippen molar-refractivity contribution in [3.05, 3.63) is 72.3 Å². The van der Waals surface area contributed by atoms with Gasteiger partial charge in [0.25, 0.3) is 0 Å². The lowest BCUT2D eigenvalue weighted by atomic mass is 10.2. The van der Waals surface area contributed by atoms with E-state index >= 15 is 0 Å². The molecule has 0 saturated heterocycles. The van der Waals surface area contributed by atoms with Crippen molar-refractivity contribution >= 4 is 40.3 Å². The van der Waals surface area contributed by atoms with Gasteiger partial charge >= 0.3 is 0 Å². The summed E-state index contributed by atoms with van der Waals surface area (Å²) in [7, 11) is 3.25. The van der Waals surface area contributed by atoms with Crippen LogP contribution in [-0.2, 0) is 0 Å². The van der Waals surface area contributed by atoms with Crippen LogP contribution in [0.5, 0.6) is 11.5 Å². The Morgan fingerprint density at radius 1 is 0.767 bits per heavy atom. The van der Waals surface area contributed by atoms with Crippen molar-refractivity contribution in [3.8, 4) is 11.5 Å². The first-order valence-electron chi connectivity index (χ1n) is 9.41. The minimum absolute atomic E-state index is 0.615. The second-order valence-corrected chi connectivity index (χ2v) is 7.54. The number of ether oxygens (including phenoxy) is 2. The van der Waals surface area contributed by atoms with E-state index in [0.29, 0.717) is 23.1 Å². The fraction of sp³-hybridized carbons (Fsp3) is 0.130. The summed E-state index contributed by atoms with van der Waals surface area (Å²) in [6, 6.07) is 21.7. The zero-order valence-corrected chi connectivity index (χ0v) is 17.8. The van der Waals surface area contributed by atoms with Gasteiger partial charge in [-0.2, -0.15) is 0 Å². The Labute approximate surface area is 179 Å². The average Bonchev–Trinajstić information content (AvgIpc) is 2.77. The highest BCUT2D eigenvalue weighted by Gasteiger charge is 2.11. The molecule has 0 aliphatic rings. The third kappa shape index (κ3) is 4.58. The lowest BCUT2D eigenvalue weighted by Gasteiger charge is -2.14. The highest BCUT2D eigenvalue weighted by Crippen LogP contribution is 2.32. The van der Waals surface area contributed by atoms with Crippen LogP contribution in [0.15, 0.2) is 71.6 Å². The van der Waals surface area contributed by atoms with Crippen LogP contribution in [0, 0.1) is 6.92 Å². The Hall–Kier alpha value is -3.45. The first-order chi connectivity index (χ1) is 14.6. The number of fused-ring (bicyclic) bond motifs is 1. The van der Waals surface area contributed by atoms with Crippen LogP contribution in [0.4, 0.5) is 17.3 Å². The van der Waals surface area contributed by atoms with Gasteiger partial charge in [-0.05, 0) is 48.7 Å².